The summed E-state index contributed by atoms with van der Waals surface area (Å²) in [5.41, 5.74) is 2.85. The second kappa shape index (κ2) is 5.49. The van der Waals surface area contributed by atoms with Gasteiger partial charge in [0.2, 0.25) is 0 Å². The molecule has 2 rings (SSSR count). The highest BCUT2D eigenvalue weighted by Gasteiger charge is 2.23. The van der Waals surface area contributed by atoms with Crippen molar-refractivity contribution in [1.29, 1.82) is 0 Å². The minimum atomic E-state index is 0.671. The quantitative estimate of drug-likeness (QED) is 0.816. The minimum absolute atomic E-state index is 0.671. The van der Waals surface area contributed by atoms with Gasteiger partial charge in [-0.1, -0.05) is 42.7 Å². The van der Waals surface area contributed by atoms with E-state index in [9.17, 15) is 0 Å². The highest BCUT2D eigenvalue weighted by Crippen LogP contribution is 2.29. The molecule has 0 spiro atoms. The van der Waals surface area contributed by atoms with Gasteiger partial charge in [0.05, 0.1) is 0 Å². The van der Waals surface area contributed by atoms with E-state index in [-0.39, 0.29) is 0 Å². The molecule has 0 bridgehead atoms. The molecular formula is C15H23N. The third-order valence-corrected chi connectivity index (χ3v) is 3.88. The van der Waals surface area contributed by atoms with E-state index in [1.807, 2.05) is 0 Å². The summed E-state index contributed by atoms with van der Waals surface area (Å²) >= 11 is 0. The molecule has 1 atom stereocenters. The van der Waals surface area contributed by atoms with E-state index in [4.69, 9.17) is 0 Å². The molecule has 0 radical (unpaired) electrons. The highest BCUT2D eigenvalue weighted by atomic mass is 14.9. The molecular weight excluding hydrogens is 194 g/mol. The van der Waals surface area contributed by atoms with Gasteiger partial charge in [-0.15, -0.1) is 0 Å². The number of benzene rings is 1. The fourth-order valence-electron chi connectivity index (χ4n) is 2.96. The van der Waals surface area contributed by atoms with Crippen LogP contribution in [0.3, 0.4) is 0 Å². The van der Waals surface area contributed by atoms with Crippen molar-refractivity contribution < 1.29 is 0 Å². The third kappa shape index (κ3) is 2.85. The molecule has 1 aliphatic carbocycles. The summed E-state index contributed by atoms with van der Waals surface area (Å²) in [5, 5.41) is 3.51. The molecule has 0 aliphatic heterocycles. The highest BCUT2D eigenvalue weighted by molar-refractivity contribution is 5.23. The summed E-state index contributed by atoms with van der Waals surface area (Å²) in [5.74, 6) is 0.894. The summed E-state index contributed by atoms with van der Waals surface area (Å²) in [4.78, 5) is 0. The van der Waals surface area contributed by atoms with Crippen molar-refractivity contribution in [3.8, 4) is 0 Å². The monoisotopic (exact) mass is 217 g/mol. The van der Waals surface area contributed by atoms with E-state index in [0.717, 1.165) is 5.92 Å². The van der Waals surface area contributed by atoms with Crippen LogP contribution >= 0.6 is 0 Å². The van der Waals surface area contributed by atoms with Crippen LogP contribution in [0.4, 0.5) is 0 Å². The van der Waals surface area contributed by atoms with Gasteiger partial charge in [0.25, 0.3) is 0 Å². The predicted octanol–water partition coefficient (Wildman–Crippen LogP) is 3.32. The zero-order valence-corrected chi connectivity index (χ0v) is 10.5. The molecule has 1 aliphatic rings. The summed E-state index contributed by atoms with van der Waals surface area (Å²) in [6, 6.07) is 9.59. The first-order valence-corrected chi connectivity index (χ1v) is 6.52. The second-order valence-electron chi connectivity index (χ2n) is 5.13. The maximum absolute atomic E-state index is 3.51. The normalized spacial score (nSPS) is 18.9. The molecule has 1 unspecified atom stereocenters. The molecule has 88 valence electrons. The van der Waals surface area contributed by atoms with Crippen molar-refractivity contribution in [2.45, 2.75) is 45.1 Å². The molecule has 1 fully saturated rings. The summed E-state index contributed by atoms with van der Waals surface area (Å²) in [7, 11) is 2.11. The maximum Gasteiger partial charge on any atom is 0.0133 e. The molecule has 1 nitrogen and oxygen atoms in total. The molecule has 0 amide bonds. The average Bonchev–Trinajstić information content (AvgIpc) is 2.79. The number of nitrogens with one attached hydrogen (secondary N) is 1. The molecule has 0 aromatic heterocycles. The Labute approximate surface area is 99.3 Å². The topological polar surface area (TPSA) is 12.0 Å². The summed E-state index contributed by atoms with van der Waals surface area (Å²) in [6.45, 7) is 2.17. The Bertz CT molecular complexity index is 326. The molecule has 1 aromatic carbocycles. The van der Waals surface area contributed by atoms with Crippen LogP contribution in [0.25, 0.3) is 0 Å². The smallest absolute Gasteiger partial charge is 0.0133 e. The Morgan fingerprint density at radius 2 is 2.06 bits per heavy atom. The van der Waals surface area contributed by atoms with Crippen LogP contribution in [0.5, 0.6) is 0 Å². The van der Waals surface area contributed by atoms with Gasteiger partial charge in [-0.05, 0) is 44.7 Å². The lowest BCUT2D eigenvalue weighted by molar-refractivity contribution is 0.377. The first-order chi connectivity index (χ1) is 7.79. The van der Waals surface area contributed by atoms with E-state index in [1.54, 1.807) is 0 Å². The van der Waals surface area contributed by atoms with Crippen LogP contribution in [0.2, 0.25) is 0 Å². The minimum Gasteiger partial charge on any atom is -0.316 e. The zero-order chi connectivity index (χ0) is 11.4. The fourth-order valence-corrected chi connectivity index (χ4v) is 2.96. The molecule has 1 aromatic rings. The van der Waals surface area contributed by atoms with Crippen molar-refractivity contribution in [3.05, 3.63) is 35.4 Å². The van der Waals surface area contributed by atoms with E-state index >= 15 is 0 Å². The first-order valence-electron chi connectivity index (χ1n) is 6.52. The van der Waals surface area contributed by atoms with Gasteiger partial charge in [-0.3, -0.25) is 0 Å². The van der Waals surface area contributed by atoms with Crippen molar-refractivity contribution in [3.63, 3.8) is 0 Å². The Balaban J connectivity index is 2.00. The lowest BCUT2D eigenvalue weighted by Gasteiger charge is -2.23. The SMILES string of the molecule is CNC(Cc1cccc(C)c1)C1CCCC1. The number of likely N-dealkylation sites (N-methyl/N-ethyl adjacent to an activating group) is 1. The van der Waals surface area contributed by atoms with Gasteiger partial charge in [0, 0.05) is 6.04 Å². The maximum atomic E-state index is 3.51. The van der Waals surface area contributed by atoms with Crippen molar-refractivity contribution >= 4 is 0 Å². The lowest BCUT2D eigenvalue weighted by atomic mass is 9.92. The van der Waals surface area contributed by atoms with Crippen LogP contribution in [0, 0.1) is 12.8 Å². The number of aryl methyl sites for hydroxylation is 1. The van der Waals surface area contributed by atoms with E-state index < -0.39 is 0 Å². The van der Waals surface area contributed by atoms with Crippen LogP contribution in [-0.2, 0) is 6.42 Å². The summed E-state index contributed by atoms with van der Waals surface area (Å²) in [6.07, 6.45) is 6.87. The van der Waals surface area contributed by atoms with Gasteiger partial charge < -0.3 is 5.32 Å². The van der Waals surface area contributed by atoms with E-state index in [1.165, 1.54) is 43.2 Å². The van der Waals surface area contributed by atoms with Gasteiger partial charge in [0.15, 0.2) is 0 Å². The Hall–Kier alpha value is -0.820. The molecule has 1 heteroatoms. The lowest BCUT2D eigenvalue weighted by Crippen LogP contribution is -2.34. The zero-order valence-electron chi connectivity index (χ0n) is 10.5. The van der Waals surface area contributed by atoms with Gasteiger partial charge in [-0.2, -0.15) is 0 Å². The molecule has 0 heterocycles. The molecule has 0 saturated heterocycles. The Kier molecular flexibility index (Phi) is 4.00. The van der Waals surface area contributed by atoms with Crippen molar-refractivity contribution in [2.24, 2.45) is 5.92 Å². The average molecular weight is 217 g/mol. The van der Waals surface area contributed by atoms with E-state index in [0.29, 0.717) is 6.04 Å². The second-order valence-corrected chi connectivity index (χ2v) is 5.13. The van der Waals surface area contributed by atoms with Crippen LogP contribution < -0.4 is 5.32 Å². The first kappa shape index (κ1) is 11.7. The van der Waals surface area contributed by atoms with Gasteiger partial charge in [-0.25, -0.2) is 0 Å². The van der Waals surface area contributed by atoms with Crippen LogP contribution in [-0.4, -0.2) is 13.1 Å². The molecule has 1 saturated carbocycles. The number of hydrogen-bond acceptors (Lipinski definition) is 1. The Morgan fingerprint density at radius 3 is 2.69 bits per heavy atom. The largest absolute Gasteiger partial charge is 0.316 e. The molecule has 1 N–H and O–H groups in total. The van der Waals surface area contributed by atoms with Crippen LogP contribution in [0.15, 0.2) is 24.3 Å². The van der Waals surface area contributed by atoms with Crippen LogP contribution in [0.1, 0.15) is 36.8 Å². The number of hydrogen-bond donors (Lipinski definition) is 1. The third-order valence-electron chi connectivity index (χ3n) is 3.88. The van der Waals surface area contributed by atoms with Gasteiger partial charge >= 0.3 is 0 Å². The van der Waals surface area contributed by atoms with Crippen molar-refractivity contribution in [2.75, 3.05) is 7.05 Å². The van der Waals surface area contributed by atoms with E-state index in [2.05, 4.69) is 43.6 Å². The summed E-state index contributed by atoms with van der Waals surface area (Å²) < 4.78 is 0. The number of rotatable bonds is 4. The van der Waals surface area contributed by atoms with Crippen molar-refractivity contribution in [1.82, 2.24) is 5.32 Å². The predicted molar refractivity (Wildman–Crippen MR) is 69.7 cm³/mol. The molecule has 16 heavy (non-hydrogen) atoms. The Morgan fingerprint density at radius 1 is 1.31 bits per heavy atom. The standard InChI is InChI=1S/C15H23N/c1-12-6-5-7-13(10-12)11-15(16-2)14-8-3-4-9-14/h5-7,10,14-16H,3-4,8-9,11H2,1-2H3. The fraction of sp³-hybridized carbons (Fsp3) is 0.600. The van der Waals surface area contributed by atoms with Gasteiger partial charge in [0.1, 0.15) is 0 Å².